The Hall–Kier alpha value is -4.16. The molecular formula is C30H32F3N5O4. The monoisotopic (exact) mass is 583 g/mol. The van der Waals surface area contributed by atoms with Crippen molar-refractivity contribution in [2.75, 3.05) is 40.5 Å². The number of halogens is 3. The van der Waals surface area contributed by atoms with E-state index in [1.165, 1.54) is 14.0 Å². The summed E-state index contributed by atoms with van der Waals surface area (Å²) >= 11 is 0. The summed E-state index contributed by atoms with van der Waals surface area (Å²) in [6, 6.07) is 13.4. The second-order valence-corrected chi connectivity index (χ2v) is 10.3. The van der Waals surface area contributed by atoms with Crippen molar-refractivity contribution in [2.45, 2.75) is 32.1 Å². The summed E-state index contributed by atoms with van der Waals surface area (Å²) in [4.78, 5) is 22.1. The molecule has 1 aliphatic heterocycles. The molecule has 1 saturated heterocycles. The van der Waals surface area contributed by atoms with E-state index in [-0.39, 0.29) is 41.2 Å². The van der Waals surface area contributed by atoms with Crippen LogP contribution in [0.4, 0.5) is 13.2 Å². The average molecular weight is 584 g/mol. The molecule has 2 aromatic carbocycles. The minimum Gasteiger partial charge on any atom is -0.497 e. The highest BCUT2D eigenvalue weighted by Gasteiger charge is 2.39. The lowest BCUT2D eigenvalue weighted by molar-refractivity contribution is -0.143. The van der Waals surface area contributed by atoms with Gasteiger partial charge in [0.1, 0.15) is 17.1 Å². The van der Waals surface area contributed by atoms with Crippen LogP contribution in [-0.2, 0) is 6.18 Å². The zero-order chi connectivity index (χ0) is 30.2. The van der Waals surface area contributed by atoms with Crippen LogP contribution in [-0.4, -0.2) is 81.9 Å². The van der Waals surface area contributed by atoms with Gasteiger partial charge in [-0.3, -0.25) is 9.69 Å². The van der Waals surface area contributed by atoms with Gasteiger partial charge in [0, 0.05) is 36.8 Å². The molecule has 2 aromatic heterocycles. The van der Waals surface area contributed by atoms with E-state index in [1.54, 1.807) is 36.3 Å². The summed E-state index contributed by atoms with van der Waals surface area (Å²) < 4.78 is 54.1. The molecule has 3 heterocycles. The van der Waals surface area contributed by atoms with Crippen molar-refractivity contribution < 1.29 is 32.5 Å². The Bertz CT molecular complexity index is 1570. The van der Waals surface area contributed by atoms with Crippen molar-refractivity contribution in [3.8, 4) is 22.8 Å². The molecule has 1 amide bonds. The largest absolute Gasteiger partial charge is 0.497 e. The van der Waals surface area contributed by atoms with Gasteiger partial charge in [0.2, 0.25) is 0 Å². The first-order chi connectivity index (χ1) is 20.1. The van der Waals surface area contributed by atoms with Crippen LogP contribution in [0.1, 0.15) is 40.1 Å². The van der Waals surface area contributed by atoms with Gasteiger partial charge in [0.05, 0.1) is 38.8 Å². The third-order valence-electron chi connectivity index (χ3n) is 7.78. The number of hydrogen-bond donors (Lipinski definition) is 1. The van der Waals surface area contributed by atoms with E-state index in [1.807, 2.05) is 31.2 Å². The Labute approximate surface area is 241 Å². The maximum atomic E-state index is 14.3. The fourth-order valence-electron chi connectivity index (χ4n) is 5.57. The van der Waals surface area contributed by atoms with Gasteiger partial charge in [-0.05, 0) is 55.8 Å². The van der Waals surface area contributed by atoms with E-state index in [9.17, 15) is 23.1 Å². The van der Waals surface area contributed by atoms with Crippen LogP contribution in [0.5, 0.6) is 11.5 Å². The Kier molecular flexibility index (Phi) is 8.11. The lowest BCUT2D eigenvalue weighted by atomic mass is 10.0. The van der Waals surface area contributed by atoms with Crippen LogP contribution in [0.15, 0.2) is 54.7 Å². The van der Waals surface area contributed by atoms with Gasteiger partial charge in [-0.2, -0.15) is 18.3 Å². The molecule has 0 aliphatic carbocycles. The summed E-state index contributed by atoms with van der Waals surface area (Å²) in [5.41, 5.74) is 0.220. The predicted molar refractivity (Wildman–Crippen MR) is 150 cm³/mol. The number of amides is 1. The normalized spacial score (nSPS) is 17.0. The lowest BCUT2D eigenvalue weighted by Gasteiger charge is -2.43. The van der Waals surface area contributed by atoms with E-state index in [4.69, 9.17) is 9.47 Å². The maximum Gasteiger partial charge on any atom is 0.433 e. The van der Waals surface area contributed by atoms with Gasteiger partial charge in [-0.25, -0.2) is 9.50 Å². The van der Waals surface area contributed by atoms with Gasteiger partial charge < -0.3 is 19.5 Å². The Morgan fingerprint density at radius 2 is 1.67 bits per heavy atom. The number of rotatable bonds is 7. The third-order valence-corrected chi connectivity index (χ3v) is 7.78. The first kappa shape index (κ1) is 29.3. The second-order valence-electron chi connectivity index (χ2n) is 10.3. The molecule has 0 radical (unpaired) electrons. The zero-order valence-corrected chi connectivity index (χ0v) is 23.7. The molecule has 5 rings (SSSR count). The summed E-state index contributed by atoms with van der Waals surface area (Å²) in [5.74, 6) is 0.810. The van der Waals surface area contributed by atoms with Crippen LogP contribution in [0, 0.1) is 6.92 Å². The smallest absolute Gasteiger partial charge is 0.433 e. The standard InChI is InChI=1S/C30H32F3N5O4/c1-18-16-36(25(17-39)20-5-9-22(41-3)10-6-20)13-14-37(18)29(40)24-15-34-38-27(30(31,32)33)19(2)26(35-28(24)38)21-7-11-23(42-4)12-8-21/h5-12,15,18,25,39H,13-14,16-17H2,1-4H3/t18-,25-/m1/s1. The molecule has 2 atom stereocenters. The van der Waals surface area contributed by atoms with E-state index < -0.39 is 17.8 Å². The molecule has 4 aromatic rings. The number of benzene rings is 2. The summed E-state index contributed by atoms with van der Waals surface area (Å²) in [6.45, 7) is 4.34. The van der Waals surface area contributed by atoms with Gasteiger partial charge in [0.25, 0.3) is 5.91 Å². The highest BCUT2D eigenvalue weighted by molar-refractivity contribution is 6.00. The van der Waals surface area contributed by atoms with Gasteiger partial charge >= 0.3 is 6.18 Å². The van der Waals surface area contributed by atoms with Crippen molar-refractivity contribution in [1.29, 1.82) is 0 Å². The molecule has 12 heteroatoms. The Balaban J connectivity index is 1.46. The van der Waals surface area contributed by atoms with Crippen LogP contribution in [0.25, 0.3) is 16.9 Å². The average Bonchev–Trinajstić information content (AvgIpc) is 3.40. The molecule has 0 spiro atoms. The number of carbonyl (C=O) groups excluding carboxylic acids is 1. The maximum absolute atomic E-state index is 14.3. The second kappa shape index (κ2) is 11.6. The molecular weight excluding hydrogens is 551 g/mol. The molecule has 1 aliphatic rings. The molecule has 222 valence electrons. The van der Waals surface area contributed by atoms with Crippen molar-refractivity contribution in [3.05, 3.63) is 77.1 Å². The van der Waals surface area contributed by atoms with Crippen molar-refractivity contribution in [1.82, 2.24) is 24.4 Å². The van der Waals surface area contributed by atoms with Crippen molar-refractivity contribution in [2.24, 2.45) is 0 Å². The number of nitrogens with zero attached hydrogens (tertiary/aromatic N) is 5. The van der Waals surface area contributed by atoms with Crippen molar-refractivity contribution in [3.63, 3.8) is 0 Å². The first-order valence-electron chi connectivity index (χ1n) is 13.5. The van der Waals surface area contributed by atoms with Gasteiger partial charge in [0.15, 0.2) is 11.3 Å². The highest BCUT2D eigenvalue weighted by atomic mass is 19.4. The quantitative estimate of drug-likeness (QED) is 0.340. The molecule has 1 N–H and O–H groups in total. The molecule has 42 heavy (non-hydrogen) atoms. The number of hydrogen-bond acceptors (Lipinski definition) is 7. The molecule has 1 fully saturated rings. The van der Waals surface area contributed by atoms with Crippen LogP contribution < -0.4 is 9.47 Å². The minimum atomic E-state index is -4.74. The van der Waals surface area contributed by atoms with Gasteiger partial charge in [-0.1, -0.05) is 12.1 Å². The van der Waals surface area contributed by atoms with E-state index in [2.05, 4.69) is 15.0 Å². The molecule has 0 saturated carbocycles. The summed E-state index contributed by atoms with van der Waals surface area (Å²) in [6.07, 6.45) is -3.58. The SMILES string of the molecule is COc1ccc(-c2nc3c(C(=O)N4CCN([C@H](CO)c5ccc(OC)cc5)C[C@H]4C)cnn3c(C(F)(F)F)c2C)cc1. The molecule has 0 bridgehead atoms. The predicted octanol–water partition coefficient (Wildman–Crippen LogP) is 4.62. The third kappa shape index (κ3) is 5.39. The highest BCUT2D eigenvalue weighted by Crippen LogP contribution is 2.37. The number of aromatic nitrogens is 3. The summed E-state index contributed by atoms with van der Waals surface area (Å²) in [5, 5.41) is 14.2. The van der Waals surface area contributed by atoms with Crippen molar-refractivity contribution >= 4 is 11.6 Å². The van der Waals surface area contributed by atoms with Crippen LogP contribution in [0.2, 0.25) is 0 Å². The molecule has 0 unspecified atom stereocenters. The Morgan fingerprint density at radius 3 is 2.21 bits per heavy atom. The number of aliphatic hydroxyl groups is 1. The van der Waals surface area contributed by atoms with E-state index >= 15 is 0 Å². The van der Waals surface area contributed by atoms with E-state index in [0.717, 1.165) is 11.8 Å². The van der Waals surface area contributed by atoms with Gasteiger partial charge in [-0.15, -0.1) is 0 Å². The fraction of sp³-hybridized carbons (Fsp3) is 0.367. The van der Waals surface area contributed by atoms with E-state index in [0.29, 0.717) is 41.2 Å². The molecule has 9 nitrogen and oxygen atoms in total. The number of piperazine rings is 1. The number of aliphatic hydroxyl groups excluding tert-OH is 1. The number of methoxy groups -OCH3 is 2. The number of fused-ring (bicyclic) bond motifs is 1. The number of alkyl halides is 3. The van der Waals surface area contributed by atoms with Crippen LogP contribution >= 0.6 is 0 Å². The summed E-state index contributed by atoms with van der Waals surface area (Å²) in [7, 11) is 3.08. The first-order valence-corrected chi connectivity index (χ1v) is 13.5. The number of ether oxygens (including phenoxy) is 2. The lowest BCUT2D eigenvalue weighted by Crippen LogP contribution is -2.55. The topological polar surface area (TPSA) is 92.4 Å². The number of carbonyl (C=O) groups is 1. The Morgan fingerprint density at radius 1 is 1.05 bits per heavy atom. The fourth-order valence-corrected chi connectivity index (χ4v) is 5.57. The van der Waals surface area contributed by atoms with Crippen LogP contribution in [0.3, 0.4) is 0 Å². The minimum absolute atomic E-state index is 0.00979. The zero-order valence-electron chi connectivity index (χ0n) is 23.7.